The van der Waals surface area contributed by atoms with Crippen LogP contribution in [0.1, 0.15) is 406 Å². The molecule has 0 saturated heterocycles. The fourth-order valence-electron chi connectivity index (χ4n) is 11.1. The largest absolute Gasteiger partial charge is 0.462 e. The Kier molecular flexibility index (Phi) is 68.1. The van der Waals surface area contributed by atoms with Crippen molar-refractivity contribution >= 4 is 17.9 Å². The molecule has 6 heteroatoms. The van der Waals surface area contributed by atoms with Gasteiger partial charge in [-0.05, 0) is 70.6 Å². The molecule has 81 heavy (non-hydrogen) atoms. The Morgan fingerprint density at radius 3 is 0.741 bits per heavy atom. The van der Waals surface area contributed by atoms with Crippen molar-refractivity contribution in [1.29, 1.82) is 0 Å². The lowest BCUT2D eigenvalue weighted by atomic mass is 10.0. The van der Waals surface area contributed by atoms with Crippen LogP contribution < -0.4 is 0 Å². The number of hydrogen-bond acceptors (Lipinski definition) is 6. The molecule has 0 aromatic carbocycles. The van der Waals surface area contributed by atoms with Crippen molar-refractivity contribution in [1.82, 2.24) is 0 Å². The molecule has 0 bridgehead atoms. The summed E-state index contributed by atoms with van der Waals surface area (Å²) in [6.07, 6.45) is 87.8. The average molecular weight is 1140 g/mol. The minimum atomic E-state index is -0.771. The second-order valence-corrected chi connectivity index (χ2v) is 24.9. The van der Waals surface area contributed by atoms with Crippen molar-refractivity contribution in [2.45, 2.75) is 412 Å². The molecule has 1 atom stereocenters. The third-order valence-corrected chi connectivity index (χ3v) is 16.6. The maximum atomic E-state index is 12.9. The standard InChI is InChI=1S/C75H140O6/c1-4-7-10-13-16-19-22-24-26-28-30-32-33-34-35-36-37-38-39-40-41-42-43-44-46-47-49-51-53-56-59-62-65-68-74(77)80-71-72(70-79-73(76)67-64-61-58-55-21-18-15-12-9-6-3)81-75(78)69-66-63-60-57-54-52-50-48-45-31-29-27-25-23-20-17-14-11-8-5-2/h12,15,22,24,28,30,72H,4-11,13-14,16-21,23,25-27,29,31-71H2,1-3H3/b15-12-,24-22-,30-28-. The second kappa shape index (κ2) is 70.1. The Balaban J connectivity index is 4.05. The number of rotatable bonds is 68. The lowest BCUT2D eigenvalue weighted by Crippen LogP contribution is -2.30. The fourth-order valence-corrected chi connectivity index (χ4v) is 11.1. The normalized spacial score (nSPS) is 12.2. The van der Waals surface area contributed by atoms with Crippen LogP contribution in [0.5, 0.6) is 0 Å². The molecular formula is C75H140O6. The molecule has 0 N–H and O–H groups in total. The SMILES string of the molecule is CCC/C=C\CCCCCCCC(=O)OCC(COC(=O)CCCCCCCCCCCCCCCCCCCCCCC/C=C\C/C=C\CCCCCCC)OC(=O)CCCCCCCCCCCCCCCCCCCCCC. The van der Waals surface area contributed by atoms with Crippen LogP contribution in [0.25, 0.3) is 0 Å². The quantitative estimate of drug-likeness (QED) is 0.0261. The van der Waals surface area contributed by atoms with E-state index >= 15 is 0 Å². The number of allylic oxidation sites excluding steroid dienone is 6. The van der Waals surface area contributed by atoms with Gasteiger partial charge in [-0.3, -0.25) is 14.4 Å². The summed E-state index contributed by atoms with van der Waals surface area (Å²) in [4.78, 5) is 38.3. The number of esters is 3. The predicted molar refractivity (Wildman–Crippen MR) is 353 cm³/mol. The van der Waals surface area contributed by atoms with E-state index in [9.17, 15) is 14.4 Å². The van der Waals surface area contributed by atoms with Gasteiger partial charge in [0.15, 0.2) is 6.10 Å². The van der Waals surface area contributed by atoms with Gasteiger partial charge in [0.2, 0.25) is 0 Å². The zero-order valence-electron chi connectivity index (χ0n) is 54.8. The first kappa shape index (κ1) is 78.6. The Bertz CT molecular complexity index is 1350. The van der Waals surface area contributed by atoms with E-state index in [-0.39, 0.29) is 31.1 Å². The van der Waals surface area contributed by atoms with E-state index in [2.05, 4.69) is 57.2 Å². The highest BCUT2D eigenvalue weighted by atomic mass is 16.6. The third kappa shape index (κ3) is 68.3. The molecule has 0 radical (unpaired) electrons. The van der Waals surface area contributed by atoms with E-state index in [1.165, 1.54) is 289 Å². The van der Waals surface area contributed by atoms with Crippen LogP contribution in [0.4, 0.5) is 0 Å². The van der Waals surface area contributed by atoms with E-state index in [4.69, 9.17) is 14.2 Å². The summed E-state index contributed by atoms with van der Waals surface area (Å²) in [5, 5.41) is 0. The highest BCUT2D eigenvalue weighted by Crippen LogP contribution is 2.19. The molecular weight excluding hydrogens is 997 g/mol. The summed E-state index contributed by atoms with van der Waals surface area (Å²) in [6, 6.07) is 0. The van der Waals surface area contributed by atoms with Gasteiger partial charge in [-0.2, -0.15) is 0 Å². The van der Waals surface area contributed by atoms with E-state index in [1.807, 2.05) is 0 Å². The van der Waals surface area contributed by atoms with Crippen molar-refractivity contribution in [2.75, 3.05) is 13.2 Å². The van der Waals surface area contributed by atoms with E-state index in [1.54, 1.807) is 0 Å². The third-order valence-electron chi connectivity index (χ3n) is 16.6. The van der Waals surface area contributed by atoms with Gasteiger partial charge in [0, 0.05) is 19.3 Å². The molecule has 1 unspecified atom stereocenters. The van der Waals surface area contributed by atoms with Crippen molar-refractivity contribution < 1.29 is 28.6 Å². The number of carbonyl (C=O) groups excluding carboxylic acids is 3. The summed E-state index contributed by atoms with van der Waals surface area (Å²) in [5.41, 5.74) is 0. The van der Waals surface area contributed by atoms with Gasteiger partial charge in [-0.25, -0.2) is 0 Å². The molecule has 0 fully saturated rings. The van der Waals surface area contributed by atoms with Crippen molar-refractivity contribution in [3.05, 3.63) is 36.5 Å². The van der Waals surface area contributed by atoms with E-state index in [0.29, 0.717) is 19.3 Å². The van der Waals surface area contributed by atoms with E-state index < -0.39 is 6.10 Å². The maximum Gasteiger partial charge on any atom is 0.306 e. The second-order valence-electron chi connectivity index (χ2n) is 24.9. The first-order valence-corrected chi connectivity index (χ1v) is 36.5. The van der Waals surface area contributed by atoms with Crippen LogP contribution in [-0.4, -0.2) is 37.2 Å². The molecule has 0 spiro atoms. The number of ether oxygens (including phenoxy) is 3. The van der Waals surface area contributed by atoms with Crippen LogP contribution in [0, 0.1) is 0 Å². The topological polar surface area (TPSA) is 78.9 Å². The number of carbonyl (C=O) groups is 3. The smallest absolute Gasteiger partial charge is 0.306 e. The molecule has 476 valence electrons. The Morgan fingerprint density at radius 2 is 0.469 bits per heavy atom. The molecule has 0 saturated carbocycles. The maximum absolute atomic E-state index is 12.9. The summed E-state index contributed by atoms with van der Waals surface area (Å²) in [6.45, 7) is 6.64. The van der Waals surface area contributed by atoms with E-state index in [0.717, 1.165) is 77.0 Å². The Hall–Kier alpha value is -2.37. The first-order valence-electron chi connectivity index (χ1n) is 36.5. The van der Waals surface area contributed by atoms with Gasteiger partial charge in [0.05, 0.1) is 0 Å². The molecule has 0 aromatic heterocycles. The molecule has 0 aromatic rings. The molecule has 0 amide bonds. The van der Waals surface area contributed by atoms with Gasteiger partial charge in [-0.1, -0.05) is 353 Å². The zero-order chi connectivity index (χ0) is 58.5. The summed E-state index contributed by atoms with van der Waals surface area (Å²) >= 11 is 0. The number of hydrogen-bond donors (Lipinski definition) is 0. The summed E-state index contributed by atoms with van der Waals surface area (Å²) < 4.78 is 17.0. The van der Waals surface area contributed by atoms with Crippen LogP contribution in [-0.2, 0) is 28.6 Å². The van der Waals surface area contributed by atoms with Gasteiger partial charge in [0.25, 0.3) is 0 Å². The summed E-state index contributed by atoms with van der Waals surface area (Å²) in [7, 11) is 0. The van der Waals surface area contributed by atoms with Gasteiger partial charge in [-0.15, -0.1) is 0 Å². The lowest BCUT2D eigenvalue weighted by Gasteiger charge is -2.18. The van der Waals surface area contributed by atoms with Crippen molar-refractivity contribution in [3.8, 4) is 0 Å². The monoisotopic (exact) mass is 1140 g/mol. The molecule has 0 rings (SSSR count). The van der Waals surface area contributed by atoms with Crippen LogP contribution >= 0.6 is 0 Å². The van der Waals surface area contributed by atoms with Gasteiger partial charge in [0.1, 0.15) is 13.2 Å². The molecule has 6 nitrogen and oxygen atoms in total. The summed E-state index contributed by atoms with van der Waals surface area (Å²) in [5.74, 6) is -0.850. The highest BCUT2D eigenvalue weighted by molar-refractivity contribution is 5.71. The zero-order valence-corrected chi connectivity index (χ0v) is 54.8. The molecule has 0 aliphatic rings. The average Bonchev–Trinajstić information content (AvgIpc) is 3.47. The van der Waals surface area contributed by atoms with Crippen molar-refractivity contribution in [2.24, 2.45) is 0 Å². The fraction of sp³-hybridized carbons (Fsp3) is 0.880. The number of unbranched alkanes of at least 4 members (excludes halogenated alkanes) is 51. The van der Waals surface area contributed by atoms with Crippen LogP contribution in [0.15, 0.2) is 36.5 Å². The lowest BCUT2D eigenvalue weighted by molar-refractivity contribution is -0.167. The minimum Gasteiger partial charge on any atom is -0.462 e. The predicted octanol–water partition coefficient (Wildman–Crippen LogP) is 25.1. The van der Waals surface area contributed by atoms with Crippen LogP contribution in [0.2, 0.25) is 0 Å². The highest BCUT2D eigenvalue weighted by Gasteiger charge is 2.19. The van der Waals surface area contributed by atoms with Crippen LogP contribution in [0.3, 0.4) is 0 Å². The molecule has 0 aliphatic carbocycles. The Labute approximate surface area is 506 Å². The molecule has 0 heterocycles. The van der Waals surface area contributed by atoms with Crippen molar-refractivity contribution in [3.63, 3.8) is 0 Å². The molecule has 0 aliphatic heterocycles. The van der Waals surface area contributed by atoms with Gasteiger partial charge < -0.3 is 14.2 Å². The van der Waals surface area contributed by atoms with Gasteiger partial charge >= 0.3 is 17.9 Å². The minimum absolute atomic E-state index is 0.0684. The Morgan fingerprint density at radius 1 is 0.247 bits per heavy atom. The first-order chi connectivity index (χ1) is 40.0.